The van der Waals surface area contributed by atoms with E-state index in [1.807, 2.05) is 12.3 Å². The van der Waals surface area contributed by atoms with Crippen molar-refractivity contribution in [2.75, 3.05) is 11.0 Å². The van der Waals surface area contributed by atoms with E-state index in [1.165, 1.54) is 31.1 Å². The first-order valence-electron chi connectivity index (χ1n) is 6.15. The SMILES string of the molecule is CSNc1ccc2ccn(C3CCCC3)c2n1. The fraction of sp³-hybridized carbons (Fsp3) is 0.462. The smallest absolute Gasteiger partial charge is 0.142 e. The molecule has 1 N–H and O–H groups in total. The van der Waals surface area contributed by atoms with Crippen LogP contribution in [0, 0.1) is 0 Å². The Hall–Kier alpha value is -1.16. The second-order valence-electron chi connectivity index (χ2n) is 4.58. The lowest BCUT2D eigenvalue weighted by molar-refractivity contribution is 0.532. The minimum absolute atomic E-state index is 0.657. The first-order valence-corrected chi connectivity index (χ1v) is 7.37. The van der Waals surface area contributed by atoms with Crippen LogP contribution in [0.15, 0.2) is 24.4 Å². The van der Waals surface area contributed by atoms with Gasteiger partial charge in [-0.1, -0.05) is 24.8 Å². The van der Waals surface area contributed by atoms with Crippen LogP contribution in [0.25, 0.3) is 11.0 Å². The molecule has 0 atom stereocenters. The summed E-state index contributed by atoms with van der Waals surface area (Å²) < 4.78 is 5.55. The van der Waals surface area contributed by atoms with E-state index in [0.29, 0.717) is 6.04 Å². The summed E-state index contributed by atoms with van der Waals surface area (Å²) in [5.41, 5.74) is 1.12. The lowest BCUT2D eigenvalue weighted by atomic mass is 10.2. The van der Waals surface area contributed by atoms with Crippen LogP contribution in [0.2, 0.25) is 0 Å². The number of aromatic nitrogens is 2. The number of hydrogen-bond acceptors (Lipinski definition) is 3. The Kier molecular flexibility index (Phi) is 2.97. The van der Waals surface area contributed by atoms with Crippen LogP contribution in [0.1, 0.15) is 31.7 Å². The molecule has 1 fully saturated rings. The molecule has 0 saturated heterocycles. The zero-order valence-corrected chi connectivity index (χ0v) is 10.8. The molecule has 0 bridgehead atoms. The number of pyridine rings is 1. The molecule has 2 aromatic rings. The molecule has 90 valence electrons. The molecule has 0 aliphatic heterocycles. The lowest BCUT2D eigenvalue weighted by Crippen LogP contribution is -2.04. The highest BCUT2D eigenvalue weighted by atomic mass is 32.2. The van der Waals surface area contributed by atoms with Crippen LogP contribution >= 0.6 is 11.9 Å². The van der Waals surface area contributed by atoms with Crippen molar-refractivity contribution in [2.45, 2.75) is 31.7 Å². The monoisotopic (exact) mass is 247 g/mol. The Morgan fingerprint density at radius 3 is 2.88 bits per heavy atom. The minimum Gasteiger partial charge on any atom is -0.329 e. The molecule has 0 unspecified atom stereocenters. The van der Waals surface area contributed by atoms with E-state index in [1.54, 1.807) is 11.9 Å². The highest BCUT2D eigenvalue weighted by Crippen LogP contribution is 2.32. The average Bonchev–Trinajstić information content (AvgIpc) is 2.96. The molecule has 1 aliphatic carbocycles. The second kappa shape index (κ2) is 4.61. The number of nitrogens with zero attached hydrogens (tertiary/aromatic N) is 2. The summed E-state index contributed by atoms with van der Waals surface area (Å²) in [5, 5.41) is 1.24. The Morgan fingerprint density at radius 1 is 1.29 bits per heavy atom. The van der Waals surface area contributed by atoms with Gasteiger partial charge in [0.1, 0.15) is 11.5 Å². The zero-order valence-electron chi connectivity index (χ0n) is 10.0. The highest BCUT2D eigenvalue weighted by Gasteiger charge is 2.18. The molecule has 3 nitrogen and oxygen atoms in total. The van der Waals surface area contributed by atoms with Gasteiger partial charge in [-0.15, -0.1) is 0 Å². The predicted molar refractivity (Wildman–Crippen MR) is 74.4 cm³/mol. The second-order valence-corrected chi connectivity index (χ2v) is 5.19. The molecule has 1 aliphatic rings. The van der Waals surface area contributed by atoms with Crippen LogP contribution in [0.5, 0.6) is 0 Å². The minimum atomic E-state index is 0.657. The van der Waals surface area contributed by atoms with Crippen LogP contribution in [-0.4, -0.2) is 15.8 Å². The van der Waals surface area contributed by atoms with Gasteiger partial charge in [0.25, 0.3) is 0 Å². The van der Waals surface area contributed by atoms with Gasteiger partial charge in [0.15, 0.2) is 0 Å². The zero-order chi connectivity index (χ0) is 11.7. The quantitative estimate of drug-likeness (QED) is 0.836. The summed E-state index contributed by atoms with van der Waals surface area (Å²) in [6.07, 6.45) is 9.51. The van der Waals surface area contributed by atoms with Gasteiger partial charge in [-0.2, -0.15) is 0 Å². The van der Waals surface area contributed by atoms with Crippen molar-refractivity contribution in [3.63, 3.8) is 0 Å². The standard InChI is InChI=1S/C13H17N3S/c1-17-15-12-7-6-10-8-9-16(13(10)14-12)11-4-2-3-5-11/h6-9,11H,2-5H2,1H3,(H,14,15). The van der Waals surface area contributed by atoms with Crippen molar-refractivity contribution in [3.05, 3.63) is 24.4 Å². The van der Waals surface area contributed by atoms with Gasteiger partial charge in [-0.25, -0.2) is 4.98 Å². The predicted octanol–water partition coefficient (Wildman–Crippen LogP) is 3.84. The highest BCUT2D eigenvalue weighted by molar-refractivity contribution is 7.99. The van der Waals surface area contributed by atoms with Crippen molar-refractivity contribution in [3.8, 4) is 0 Å². The van der Waals surface area contributed by atoms with Crippen molar-refractivity contribution < 1.29 is 0 Å². The van der Waals surface area contributed by atoms with Gasteiger partial charge in [0, 0.05) is 23.9 Å². The van der Waals surface area contributed by atoms with Crippen LogP contribution in [0.4, 0.5) is 5.82 Å². The van der Waals surface area contributed by atoms with Gasteiger partial charge in [0.05, 0.1) is 0 Å². The Bertz CT molecular complexity index is 514. The largest absolute Gasteiger partial charge is 0.329 e. The Morgan fingerprint density at radius 2 is 2.12 bits per heavy atom. The third-order valence-corrected chi connectivity index (χ3v) is 3.90. The summed E-state index contributed by atoms with van der Waals surface area (Å²) in [4.78, 5) is 4.70. The van der Waals surface area contributed by atoms with Crippen LogP contribution in [0.3, 0.4) is 0 Å². The maximum absolute atomic E-state index is 4.70. The van der Waals surface area contributed by atoms with Gasteiger partial charge >= 0.3 is 0 Å². The van der Waals surface area contributed by atoms with Gasteiger partial charge < -0.3 is 9.29 Å². The Balaban J connectivity index is 2.02. The number of nitrogens with one attached hydrogen (secondary N) is 1. The fourth-order valence-electron chi connectivity index (χ4n) is 2.67. The molecule has 1 saturated carbocycles. The first kappa shape index (κ1) is 11.0. The van der Waals surface area contributed by atoms with E-state index in [4.69, 9.17) is 4.98 Å². The maximum atomic E-state index is 4.70. The van der Waals surface area contributed by atoms with Crippen molar-refractivity contribution in [1.29, 1.82) is 0 Å². The molecule has 0 spiro atoms. The summed E-state index contributed by atoms with van der Waals surface area (Å²) in [7, 11) is 0. The number of anilines is 1. The Labute approximate surface area is 106 Å². The third kappa shape index (κ3) is 2.02. The van der Waals surface area contributed by atoms with Crippen molar-refractivity contribution >= 4 is 28.8 Å². The summed E-state index contributed by atoms with van der Waals surface area (Å²) in [6, 6.07) is 7.01. The van der Waals surface area contributed by atoms with E-state index in [0.717, 1.165) is 11.5 Å². The molecule has 2 aromatic heterocycles. The number of rotatable bonds is 3. The molecule has 17 heavy (non-hydrogen) atoms. The topological polar surface area (TPSA) is 29.9 Å². The van der Waals surface area contributed by atoms with E-state index in [-0.39, 0.29) is 0 Å². The molecule has 0 amide bonds. The molecule has 2 heterocycles. The molecule has 0 radical (unpaired) electrons. The van der Waals surface area contributed by atoms with Gasteiger partial charge in [-0.3, -0.25) is 0 Å². The summed E-state index contributed by atoms with van der Waals surface area (Å²) in [6.45, 7) is 0. The van der Waals surface area contributed by atoms with E-state index in [9.17, 15) is 0 Å². The molecular formula is C13H17N3S. The molecule has 3 rings (SSSR count). The van der Waals surface area contributed by atoms with Crippen LogP contribution in [-0.2, 0) is 0 Å². The molecule has 4 heteroatoms. The third-order valence-electron chi connectivity index (χ3n) is 3.49. The van der Waals surface area contributed by atoms with Crippen molar-refractivity contribution in [2.24, 2.45) is 0 Å². The summed E-state index contributed by atoms with van der Waals surface area (Å²) in [5.74, 6) is 0.947. The van der Waals surface area contributed by atoms with E-state index < -0.39 is 0 Å². The fourth-order valence-corrected chi connectivity index (χ4v) is 2.99. The van der Waals surface area contributed by atoms with Gasteiger partial charge in [-0.05, 0) is 31.0 Å². The normalized spacial score (nSPS) is 16.8. The van der Waals surface area contributed by atoms with Crippen molar-refractivity contribution in [1.82, 2.24) is 9.55 Å². The maximum Gasteiger partial charge on any atom is 0.142 e. The summed E-state index contributed by atoms with van der Waals surface area (Å²) >= 11 is 1.58. The average molecular weight is 247 g/mol. The molecular weight excluding hydrogens is 230 g/mol. The van der Waals surface area contributed by atoms with E-state index >= 15 is 0 Å². The lowest BCUT2D eigenvalue weighted by Gasteiger charge is -2.13. The molecule has 0 aromatic carbocycles. The first-order chi connectivity index (χ1) is 8.38. The number of hydrogen-bond donors (Lipinski definition) is 1. The van der Waals surface area contributed by atoms with E-state index in [2.05, 4.69) is 27.6 Å². The van der Waals surface area contributed by atoms with Gasteiger partial charge in [0.2, 0.25) is 0 Å². The number of fused-ring (bicyclic) bond motifs is 1. The van der Waals surface area contributed by atoms with Crippen LogP contribution < -0.4 is 4.72 Å².